The molecule has 1 amide bonds. The van der Waals surface area contributed by atoms with Gasteiger partial charge in [0, 0.05) is 5.56 Å². The fraction of sp³-hybridized carbons (Fsp3) is 0. The number of Topliss-reactive ketones (excluding diaryl/α,β-unsaturated/α-hetero) is 1. The third kappa shape index (κ3) is 2.41. The molecular weight excluding hydrogens is 186 g/mol. The molecule has 1 rings (SSSR count). The number of amides is 1. The van der Waals surface area contributed by atoms with E-state index >= 15 is 0 Å². The first-order chi connectivity index (χ1) is 6.61. The van der Waals surface area contributed by atoms with Crippen molar-refractivity contribution in [2.75, 3.05) is 0 Å². The van der Waals surface area contributed by atoms with Crippen LogP contribution in [0.3, 0.4) is 0 Å². The predicted octanol–water partition coefficient (Wildman–Crippen LogP) is 0.491. The lowest BCUT2D eigenvalue weighted by atomic mass is 10.1. The molecule has 5 nitrogen and oxygen atoms in total. The minimum Gasteiger partial charge on any atom is -0.370 e. The molecule has 0 bridgehead atoms. The average molecular weight is 193 g/mol. The van der Waals surface area contributed by atoms with Crippen LogP contribution in [0.5, 0.6) is 0 Å². The fourth-order valence-electron chi connectivity index (χ4n) is 0.845. The summed E-state index contributed by atoms with van der Waals surface area (Å²) >= 11 is 0. The Hall–Kier alpha value is -2.17. The van der Waals surface area contributed by atoms with E-state index in [1.807, 2.05) is 0 Å². The molecule has 72 valence electrons. The molecule has 0 aliphatic rings. The average Bonchev–Trinajstić information content (AvgIpc) is 2.17. The highest BCUT2D eigenvalue weighted by Crippen LogP contribution is 2.00. The molecule has 1 aromatic rings. The van der Waals surface area contributed by atoms with Gasteiger partial charge in [-0.1, -0.05) is 30.3 Å². The molecule has 5 heteroatoms. The summed E-state index contributed by atoms with van der Waals surface area (Å²) in [6.45, 7) is 0. The summed E-state index contributed by atoms with van der Waals surface area (Å²) in [5.74, 6) is -2.17. The smallest absolute Gasteiger partial charge is 0.370 e. The first-order valence-electron chi connectivity index (χ1n) is 3.72. The summed E-state index contributed by atoms with van der Waals surface area (Å²) < 4.78 is 3.92. The summed E-state index contributed by atoms with van der Waals surface area (Å²) in [5, 5.41) is 0. The number of primary amides is 1. The molecule has 0 aromatic heterocycles. The Morgan fingerprint density at radius 2 is 1.64 bits per heavy atom. The molecule has 14 heavy (non-hydrogen) atoms. The quantitative estimate of drug-likeness (QED) is 0.320. The van der Waals surface area contributed by atoms with Crippen molar-refractivity contribution in [3.63, 3.8) is 0 Å². The topological polar surface area (TPSA) is 86.5 Å². The van der Waals surface area contributed by atoms with Gasteiger partial charge in [-0.2, -0.15) is 0 Å². The zero-order chi connectivity index (χ0) is 10.6. The predicted molar refractivity (Wildman–Crippen MR) is 46.4 cm³/mol. The van der Waals surface area contributed by atoms with E-state index in [-0.39, 0.29) is 5.56 Å². The molecule has 0 spiro atoms. The molecule has 0 aliphatic heterocycles. The van der Waals surface area contributed by atoms with Crippen LogP contribution in [0.15, 0.2) is 30.3 Å². The molecular formula is C9H7NO4. The Labute approximate surface area is 79.5 Å². The molecule has 0 fully saturated rings. The number of hydrogen-bond donors (Lipinski definition) is 1. The number of benzene rings is 1. The van der Waals surface area contributed by atoms with Crippen molar-refractivity contribution in [1.82, 2.24) is 0 Å². The van der Waals surface area contributed by atoms with Gasteiger partial charge >= 0.3 is 12.1 Å². The Balaban J connectivity index is 2.76. The molecule has 0 atom stereocenters. The maximum absolute atomic E-state index is 11.2. The zero-order valence-corrected chi connectivity index (χ0v) is 7.10. The summed E-state index contributed by atoms with van der Waals surface area (Å²) in [6.07, 6.45) is -1.29. The lowest BCUT2D eigenvalue weighted by Gasteiger charge is -1.98. The number of carbonyl (C=O) groups is 3. The van der Waals surface area contributed by atoms with E-state index in [1.165, 1.54) is 12.1 Å². The Morgan fingerprint density at radius 1 is 1.07 bits per heavy atom. The summed E-state index contributed by atoms with van der Waals surface area (Å²) in [4.78, 5) is 32.3. The van der Waals surface area contributed by atoms with Crippen LogP contribution < -0.4 is 5.73 Å². The molecule has 2 N–H and O–H groups in total. The summed E-state index contributed by atoms with van der Waals surface area (Å²) in [6, 6.07) is 7.74. The molecule has 0 saturated heterocycles. The van der Waals surface area contributed by atoms with E-state index in [4.69, 9.17) is 0 Å². The minimum atomic E-state index is -1.29. The van der Waals surface area contributed by atoms with Gasteiger partial charge in [0.2, 0.25) is 0 Å². The van der Waals surface area contributed by atoms with E-state index in [9.17, 15) is 14.4 Å². The second kappa shape index (κ2) is 4.18. The SMILES string of the molecule is NC(=O)OC(=O)C(=O)c1ccccc1. The van der Waals surface area contributed by atoms with Crippen LogP contribution in [0.25, 0.3) is 0 Å². The molecule has 0 heterocycles. The van der Waals surface area contributed by atoms with Crippen LogP contribution in [0.2, 0.25) is 0 Å². The Morgan fingerprint density at radius 3 is 2.14 bits per heavy atom. The molecule has 1 aromatic carbocycles. The second-order valence-corrected chi connectivity index (χ2v) is 2.40. The van der Waals surface area contributed by atoms with Crippen LogP contribution in [-0.4, -0.2) is 17.8 Å². The van der Waals surface area contributed by atoms with Gasteiger partial charge in [0.05, 0.1) is 0 Å². The number of carbonyl (C=O) groups excluding carboxylic acids is 3. The number of rotatable bonds is 2. The van der Waals surface area contributed by atoms with Gasteiger partial charge in [-0.3, -0.25) is 4.79 Å². The van der Waals surface area contributed by atoms with Gasteiger partial charge in [0.15, 0.2) is 0 Å². The normalized spacial score (nSPS) is 9.14. The van der Waals surface area contributed by atoms with Crippen molar-refractivity contribution in [1.29, 1.82) is 0 Å². The molecule has 0 unspecified atom stereocenters. The highest BCUT2D eigenvalue weighted by atomic mass is 16.6. The number of esters is 1. The molecule has 0 aliphatic carbocycles. The lowest BCUT2D eigenvalue weighted by Crippen LogP contribution is -2.24. The van der Waals surface area contributed by atoms with Crippen LogP contribution in [0.1, 0.15) is 10.4 Å². The van der Waals surface area contributed by atoms with E-state index in [2.05, 4.69) is 10.5 Å². The van der Waals surface area contributed by atoms with Gasteiger partial charge in [-0.25, -0.2) is 9.59 Å². The Bertz CT molecular complexity index is 372. The monoisotopic (exact) mass is 193 g/mol. The third-order valence-corrected chi connectivity index (χ3v) is 1.41. The lowest BCUT2D eigenvalue weighted by molar-refractivity contribution is -0.131. The van der Waals surface area contributed by atoms with Crippen molar-refractivity contribution in [2.24, 2.45) is 5.73 Å². The molecule has 0 radical (unpaired) electrons. The Kier molecular flexibility index (Phi) is 2.96. The largest absolute Gasteiger partial charge is 0.412 e. The maximum Gasteiger partial charge on any atom is 0.412 e. The van der Waals surface area contributed by atoms with Gasteiger partial charge in [0.1, 0.15) is 0 Å². The number of ketones is 1. The highest BCUT2D eigenvalue weighted by Gasteiger charge is 2.19. The summed E-state index contributed by atoms with van der Waals surface area (Å²) in [7, 11) is 0. The number of hydrogen-bond acceptors (Lipinski definition) is 4. The molecule has 0 saturated carbocycles. The zero-order valence-electron chi connectivity index (χ0n) is 7.10. The van der Waals surface area contributed by atoms with E-state index in [0.717, 1.165) is 0 Å². The van der Waals surface area contributed by atoms with Crippen molar-refractivity contribution in [3.8, 4) is 0 Å². The summed E-state index contributed by atoms with van der Waals surface area (Å²) in [5.41, 5.74) is 4.73. The van der Waals surface area contributed by atoms with Crippen molar-refractivity contribution >= 4 is 17.8 Å². The number of nitrogens with two attached hydrogens (primary N) is 1. The van der Waals surface area contributed by atoms with Crippen molar-refractivity contribution < 1.29 is 19.1 Å². The highest BCUT2D eigenvalue weighted by molar-refractivity contribution is 6.41. The second-order valence-electron chi connectivity index (χ2n) is 2.40. The van der Waals surface area contributed by atoms with E-state index in [1.54, 1.807) is 18.2 Å². The maximum atomic E-state index is 11.2. The van der Waals surface area contributed by atoms with E-state index < -0.39 is 17.8 Å². The number of ether oxygens (including phenoxy) is 1. The van der Waals surface area contributed by atoms with Crippen LogP contribution in [0.4, 0.5) is 4.79 Å². The third-order valence-electron chi connectivity index (χ3n) is 1.41. The first-order valence-corrected chi connectivity index (χ1v) is 3.72. The van der Waals surface area contributed by atoms with Crippen LogP contribution in [0, 0.1) is 0 Å². The van der Waals surface area contributed by atoms with Gasteiger partial charge in [-0.15, -0.1) is 0 Å². The first kappa shape index (κ1) is 9.91. The van der Waals surface area contributed by atoms with Gasteiger partial charge < -0.3 is 10.5 Å². The van der Waals surface area contributed by atoms with Gasteiger partial charge in [-0.05, 0) is 0 Å². The minimum absolute atomic E-state index is 0.152. The van der Waals surface area contributed by atoms with Crippen LogP contribution >= 0.6 is 0 Å². The van der Waals surface area contributed by atoms with Crippen molar-refractivity contribution in [3.05, 3.63) is 35.9 Å². The van der Waals surface area contributed by atoms with E-state index in [0.29, 0.717) is 0 Å². The van der Waals surface area contributed by atoms with Crippen LogP contribution in [-0.2, 0) is 9.53 Å². The van der Waals surface area contributed by atoms with Crippen molar-refractivity contribution in [2.45, 2.75) is 0 Å². The van der Waals surface area contributed by atoms with Gasteiger partial charge in [0.25, 0.3) is 5.78 Å². The standard InChI is InChI=1S/C9H7NO4/c10-9(13)14-8(12)7(11)6-4-2-1-3-5-6/h1-5H,(H2,10,13). The fourth-order valence-corrected chi connectivity index (χ4v) is 0.845.